The van der Waals surface area contributed by atoms with Crippen molar-refractivity contribution in [3.8, 4) is 11.1 Å². The largest absolute Gasteiger partial charge is 0.289 e. The van der Waals surface area contributed by atoms with Crippen LogP contribution in [0.3, 0.4) is 0 Å². The monoisotopic (exact) mass is 416 g/mol. The van der Waals surface area contributed by atoms with Gasteiger partial charge in [-0.25, -0.2) is 4.39 Å². The second-order valence-corrected chi connectivity index (χ2v) is 8.91. The van der Waals surface area contributed by atoms with Gasteiger partial charge in [-0.1, -0.05) is 74.0 Å². The summed E-state index contributed by atoms with van der Waals surface area (Å²) in [6.07, 6.45) is 3.42. The molecule has 0 aliphatic heterocycles. The molecule has 2 aliphatic rings. The third-order valence-electron chi connectivity index (χ3n) is 6.43. The molecular weight excluding hydrogens is 395 g/mol. The Kier molecular flexibility index (Phi) is 4.63. The fourth-order valence-electron chi connectivity index (χ4n) is 5.15. The van der Waals surface area contributed by atoms with Crippen LogP contribution in [0.2, 0.25) is 5.02 Å². The van der Waals surface area contributed by atoms with Crippen LogP contribution in [0.25, 0.3) is 16.7 Å². The van der Waals surface area contributed by atoms with Gasteiger partial charge in [-0.05, 0) is 64.3 Å². The minimum atomic E-state index is -0.459. The van der Waals surface area contributed by atoms with Gasteiger partial charge >= 0.3 is 0 Å². The van der Waals surface area contributed by atoms with Crippen LogP contribution in [-0.2, 0) is 12.8 Å². The summed E-state index contributed by atoms with van der Waals surface area (Å²) >= 11 is 6.05. The summed E-state index contributed by atoms with van der Waals surface area (Å²) in [6.45, 7) is 4.24. The lowest BCUT2D eigenvalue weighted by Gasteiger charge is -2.33. The fourth-order valence-corrected chi connectivity index (χ4v) is 5.32. The summed E-state index contributed by atoms with van der Waals surface area (Å²) in [6, 6.07) is 17.6. The number of benzene rings is 3. The van der Waals surface area contributed by atoms with E-state index in [0.29, 0.717) is 5.56 Å². The average molecular weight is 417 g/mol. The number of ketones is 1. The number of halogens is 2. The second-order valence-electron chi connectivity index (χ2n) is 8.50. The van der Waals surface area contributed by atoms with Crippen LogP contribution in [0, 0.1) is 11.7 Å². The Morgan fingerprint density at radius 3 is 2.50 bits per heavy atom. The molecule has 1 unspecified atom stereocenters. The summed E-state index contributed by atoms with van der Waals surface area (Å²) in [5.74, 6) is -0.352. The zero-order chi connectivity index (χ0) is 21.0. The molecule has 0 bridgehead atoms. The van der Waals surface area contributed by atoms with Crippen LogP contribution in [0.1, 0.15) is 52.4 Å². The van der Waals surface area contributed by atoms with Crippen molar-refractivity contribution in [3.05, 3.63) is 99.3 Å². The minimum Gasteiger partial charge on any atom is -0.289 e. The van der Waals surface area contributed by atoms with Crippen LogP contribution in [0.5, 0.6) is 0 Å². The molecule has 0 aromatic heterocycles. The molecule has 0 spiro atoms. The zero-order valence-corrected chi connectivity index (χ0v) is 17.8. The maximum atomic E-state index is 14.9. The maximum Gasteiger partial charge on any atom is 0.186 e. The molecule has 150 valence electrons. The molecule has 0 saturated heterocycles. The summed E-state index contributed by atoms with van der Waals surface area (Å²) < 4.78 is 14.9. The number of aryl methyl sites for hydroxylation is 1. The lowest BCUT2D eigenvalue weighted by atomic mass is 9.70. The third kappa shape index (κ3) is 2.86. The van der Waals surface area contributed by atoms with E-state index in [-0.39, 0.29) is 22.6 Å². The van der Waals surface area contributed by atoms with Crippen molar-refractivity contribution >= 4 is 23.0 Å². The molecule has 1 nitrogen and oxygen atoms in total. The molecule has 0 saturated carbocycles. The van der Waals surface area contributed by atoms with E-state index in [1.165, 1.54) is 17.2 Å². The SMILES string of the molecule is CC(C)C1C(c2cccc(Cl)c2F)=CC(=O)c2c1ccc1c2CCc2ccccc2-1. The minimum absolute atomic E-state index is 0.0347. The maximum absolute atomic E-state index is 14.9. The van der Waals surface area contributed by atoms with Crippen LogP contribution in [0.15, 0.2) is 60.7 Å². The Labute approximate surface area is 181 Å². The first-order chi connectivity index (χ1) is 14.5. The Bertz CT molecular complexity index is 1220. The molecule has 3 heteroatoms. The Morgan fingerprint density at radius 2 is 1.70 bits per heavy atom. The van der Waals surface area contributed by atoms with E-state index < -0.39 is 5.82 Å². The molecular formula is C27H22ClFO. The molecule has 0 radical (unpaired) electrons. The first-order valence-electron chi connectivity index (χ1n) is 10.4. The topological polar surface area (TPSA) is 17.1 Å². The number of carbonyl (C=O) groups excluding carboxylic acids is 1. The molecule has 0 amide bonds. The van der Waals surface area contributed by atoms with E-state index in [1.807, 2.05) is 6.07 Å². The number of hydrogen-bond acceptors (Lipinski definition) is 1. The highest BCUT2D eigenvalue weighted by Crippen LogP contribution is 2.47. The smallest absolute Gasteiger partial charge is 0.186 e. The van der Waals surface area contributed by atoms with Crippen molar-refractivity contribution in [1.82, 2.24) is 0 Å². The van der Waals surface area contributed by atoms with Crippen molar-refractivity contribution in [1.29, 1.82) is 0 Å². The molecule has 5 rings (SSSR count). The lowest BCUT2D eigenvalue weighted by molar-refractivity contribution is 0.104. The molecule has 0 fully saturated rings. The summed E-state index contributed by atoms with van der Waals surface area (Å²) in [7, 11) is 0. The lowest BCUT2D eigenvalue weighted by Crippen LogP contribution is -2.22. The number of fused-ring (bicyclic) bond motifs is 5. The predicted molar refractivity (Wildman–Crippen MR) is 121 cm³/mol. The van der Waals surface area contributed by atoms with Gasteiger partial charge in [0.05, 0.1) is 5.02 Å². The molecule has 30 heavy (non-hydrogen) atoms. The molecule has 2 aliphatic carbocycles. The molecule has 3 aromatic carbocycles. The van der Waals surface area contributed by atoms with Gasteiger partial charge in [0.1, 0.15) is 5.82 Å². The molecule has 1 atom stereocenters. The fraction of sp³-hybridized carbons (Fsp3) is 0.222. The first-order valence-corrected chi connectivity index (χ1v) is 10.8. The van der Waals surface area contributed by atoms with Gasteiger partial charge in [0.15, 0.2) is 5.78 Å². The molecule has 3 aromatic rings. The highest BCUT2D eigenvalue weighted by Gasteiger charge is 2.35. The average Bonchev–Trinajstić information content (AvgIpc) is 2.74. The number of allylic oxidation sites excluding steroid dienone is 2. The van der Waals surface area contributed by atoms with Crippen molar-refractivity contribution in [2.75, 3.05) is 0 Å². The second kappa shape index (κ2) is 7.21. The number of carbonyl (C=O) groups is 1. The predicted octanol–water partition coefficient (Wildman–Crippen LogP) is 7.26. The van der Waals surface area contributed by atoms with E-state index in [9.17, 15) is 9.18 Å². The van der Waals surface area contributed by atoms with Gasteiger partial charge in [0, 0.05) is 17.0 Å². The summed E-state index contributed by atoms with van der Waals surface area (Å²) in [5.41, 5.74) is 7.77. The van der Waals surface area contributed by atoms with E-state index in [2.05, 4.69) is 44.2 Å². The summed E-state index contributed by atoms with van der Waals surface area (Å²) in [4.78, 5) is 13.4. The van der Waals surface area contributed by atoms with Crippen molar-refractivity contribution in [2.24, 2.45) is 5.92 Å². The van der Waals surface area contributed by atoms with E-state index >= 15 is 0 Å². The van der Waals surface area contributed by atoms with E-state index in [1.54, 1.807) is 18.2 Å². The van der Waals surface area contributed by atoms with Crippen molar-refractivity contribution in [2.45, 2.75) is 32.6 Å². The third-order valence-corrected chi connectivity index (χ3v) is 6.72. The van der Waals surface area contributed by atoms with Crippen LogP contribution in [0.4, 0.5) is 4.39 Å². The quantitative estimate of drug-likeness (QED) is 0.429. The van der Waals surface area contributed by atoms with Crippen LogP contribution in [-0.4, -0.2) is 5.78 Å². The normalized spacial score (nSPS) is 17.3. The van der Waals surface area contributed by atoms with Gasteiger partial charge in [0.2, 0.25) is 0 Å². The molecule has 0 N–H and O–H groups in total. The van der Waals surface area contributed by atoms with Crippen molar-refractivity contribution < 1.29 is 9.18 Å². The van der Waals surface area contributed by atoms with Gasteiger partial charge in [0.25, 0.3) is 0 Å². The highest BCUT2D eigenvalue weighted by molar-refractivity contribution is 6.31. The van der Waals surface area contributed by atoms with Crippen molar-refractivity contribution in [3.63, 3.8) is 0 Å². The number of rotatable bonds is 2. The van der Waals surface area contributed by atoms with Gasteiger partial charge in [-0.2, -0.15) is 0 Å². The Balaban J connectivity index is 1.73. The van der Waals surface area contributed by atoms with Gasteiger partial charge in [-0.3, -0.25) is 4.79 Å². The van der Waals surface area contributed by atoms with Gasteiger partial charge in [-0.15, -0.1) is 0 Å². The molecule has 0 heterocycles. The summed E-state index contributed by atoms with van der Waals surface area (Å²) in [5, 5.41) is 0.0798. The standard InChI is InChI=1S/C27H22ClFO/c1-15(2)25-21-13-12-18-17-7-4-3-6-16(17)10-11-19(18)26(21)24(30)14-22(25)20-8-5-9-23(28)27(20)29/h3-9,12-15,25H,10-11H2,1-2H3. The van der Waals surface area contributed by atoms with E-state index in [4.69, 9.17) is 11.6 Å². The Hall–Kier alpha value is -2.71. The number of hydrogen-bond donors (Lipinski definition) is 0. The zero-order valence-electron chi connectivity index (χ0n) is 17.0. The van der Waals surface area contributed by atoms with Crippen LogP contribution < -0.4 is 0 Å². The van der Waals surface area contributed by atoms with Gasteiger partial charge < -0.3 is 0 Å². The highest BCUT2D eigenvalue weighted by atomic mass is 35.5. The Morgan fingerprint density at radius 1 is 0.933 bits per heavy atom. The van der Waals surface area contributed by atoms with Crippen LogP contribution >= 0.6 is 11.6 Å². The van der Waals surface area contributed by atoms with E-state index in [0.717, 1.165) is 40.7 Å². The first kappa shape index (κ1) is 19.3.